The highest BCUT2D eigenvalue weighted by molar-refractivity contribution is 5.66. The van der Waals surface area contributed by atoms with E-state index in [0.717, 1.165) is 12.8 Å². The first-order chi connectivity index (χ1) is 10.1. The van der Waals surface area contributed by atoms with Gasteiger partial charge in [0.1, 0.15) is 0 Å². The number of hydrogen-bond donors (Lipinski definition) is 1. The van der Waals surface area contributed by atoms with Crippen molar-refractivity contribution in [3.8, 4) is 0 Å². The number of aliphatic carboxylic acids is 1. The number of carboxylic acid groups (broad SMARTS) is 1. The number of rotatable bonds is 6. The van der Waals surface area contributed by atoms with Gasteiger partial charge >= 0.3 is 5.97 Å². The number of carboxylic acids is 1. The van der Waals surface area contributed by atoms with E-state index in [4.69, 9.17) is 9.52 Å². The standard InChI is InChI=1S/C16H18N2O3/c1-11(10-14(19)20)9-13-17-18-15(21-13)16(7-8-16)12-5-3-2-4-6-12/h2-6,11H,7-10H2,1H3,(H,19,20). The van der Waals surface area contributed by atoms with Gasteiger partial charge in [-0.3, -0.25) is 4.79 Å². The van der Waals surface area contributed by atoms with E-state index in [9.17, 15) is 4.79 Å². The summed E-state index contributed by atoms with van der Waals surface area (Å²) in [5, 5.41) is 17.1. The second-order valence-electron chi connectivity index (χ2n) is 5.86. The van der Waals surface area contributed by atoms with Gasteiger partial charge in [-0.25, -0.2) is 0 Å². The fourth-order valence-electron chi connectivity index (χ4n) is 2.71. The lowest BCUT2D eigenvalue weighted by Gasteiger charge is -2.10. The lowest BCUT2D eigenvalue weighted by atomic mass is 9.96. The summed E-state index contributed by atoms with van der Waals surface area (Å²) in [6.07, 6.45) is 2.65. The third kappa shape index (κ3) is 2.82. The van der Waals surface area contributed by atoms with Crippen LogP contribution < -0.4 is 0 Å². The lowest BCUT2D eigenvalue weighted by molar-refractivity contribution is -0.137. The molecule has 0 radical (unpaired) electrons. The van der Waals surface area contributed by atoms with Gasteiger partial charge in [0, 0.05) is 12.8 Å². The molecule has 0 aliphatic heterocycles. The molecule has 0 bridgehead atoms. The largest absolute Gasteiger partial charge is 0.481 e. The fraction of sp³-hybridized carbons (Fsp3) is 0.438. The molecule has 21 heavy (non-hydrogen) atoms. The Balaban J connectivity index is 1.75. The van der Waals surface area contributed by atoms with E-state index in [0.29, 0.717) is 18.2 Å². The van der Waals surface area contributed by atoms with Crippen molar-refractivity contribution >= 4 is 5.97 Å². The first-order valence-electron chi connectivity index (χ1n) is 7.20. The van der Waals surface area contributed by atoms with Crippen molar-refractivity contribution in [2.75, 3.05) is 0 Å². The maximum absolute atomic E-state index is 10.7. The highest BCUT2D eigenvalue weighted by Gasteiger charge is 2.50. The molecule has 0 amide bonds. The maximum atomic E-state index is 10.7. The maximum Gasteiger partial charge on any atom is 0.303 e. The molecule has 5 nitrogen and oxygen atoms in total. The summed E-state index contributed by atoms with van der Waals surface area (Å²) >= 11 is 0. The summed E-state index contributed by atoms with van der Waals surface area (Å²) in [4.78, 5) is 10.7. The van der Waals surface area contributed by atoms with Crippen LogP contribution in [0.2, 0.25) is 0 Å². The van der Waals surface area contributed by atoms with Gasteiger partial charge in [-0.05, 0) is 24.3 Å². The van der Waals surface area contributed by atoms with E-state index in [1.165, 1.54) is 5.56 Å². The number of carbonyl (C=O) groups is 1. The summed E-state index contributed by atoms with van der Waals surface area (Å²) in [7, 11) is 0. The van der Waals surface area contributed by atoms with Gasteiger partial charge in [-0.15, -0.1) is 10.2 Å². The van der Waals surface area contributed by atoms with Gasteiger partial charge in [-0.1, -0.05) is 37.3 Å². The van der Waals surface area contributed by atoms with Crippen LogP contribution in [-0.2, 0) is 16.6 Å². The van der Waals surface area contributed by atoms with Crippen LogP contribution in [0.4, 0.5) is 0 Å². The first-order valence-corrected chi connectivity index (χ1v) is 7.20. The summed E-state index contributed by atoms with van der Waals surface area (Å²) in [6.45, 7) is 1.88. The predicted molar refractivity (Wildman–Crippen MR) is 75.9 cm³/mol. The van der Waals surface area contributed by atoms with Gasteiger partial charge in [0.2, 0.25) is 11.8 Å². The number of nitrogens with zero attached hydrogens (tertiary/aromatic N) is 2. The van der Waals surface area contributed by atoms with Gasteiger partial charge in [0.25, 0.3) is 0 Å². The zero-order valence-corrected chi connectivity index (χ0v) is 12.0. The fourth-order valence-corrected chi connectivity index (χ4v) is 2.71. The highest BCUT2D eigenvalue weighted by atomic mass is 16.4. The van der Waals surface area contributed by atoms with Crippen LogP contribution >= 0.6 is 0 Å². The molecule has 1 N–H and O–H groups in total. The Bertz CT molecular complexity index is 632. The van der Waals surface area contributed by atoms with Crippen molar-refractivity contribution in [2.45, 2.75) is 38.0 Å². The van der Waals surface area contributed by atoms with E-state index in [1.807, 2.05) is 25.1 Å². The zero-order chi connectivity index (χ0) is 14.9. The first kappa shape index (κ1) is 13.8. The molecule has 1 aliphatic carbocycles. The Morgan fingerprint density at radius 3 is 2.67 bits per heavy atom. The highest BCUT2D eigenvalue weighted by Crippen LogP contribution is 2.52. The molecule has 1 fully saturated rings. The SMILES string of the molecule is CC(CC(=O)O)Cc1nnc(C2(c3ccccc3)CC2)o1. The van der Waals surface area contributed by atoms with E-state index in [1.54, 1.807) is 0 Å². The van der Waals surface area contributed by atoms with Crippen molar-refractivity contribution in [3.63, 3.8) is 0 Å². The topological polar surface area (TPSA) is 76.2 Å². The molecule has 1 aromatic carbocycles. The predicted octanol–water partition coefficient (Wildman–Crippen LogP) is 2.80. The average Bonchev–Trinajstić information content (AvgIpc) is 3.14. The smallest absolute Gasteiger partial charge is 0.303 e. The molecular weight excluding hydrogens is 268 g/mol. The molecule has 2 aromatic rings. The third-order valence-corrected chi connectivity index (χ3v) is 4.00. The molecule has 1 aromatic heterocycles. The monoisotopic (exact) mass is 286 g/mol. The van der Waals surface area contributed by atoms with Crippen molar-refractivity contribution in [2.24, 2.45) is 5.92 Å². The minimum atomic E-state index is -0.801. The van der Waals surface area contributed by atoms with Crippen LogP contribution in [0.3, 0.4) is 0 Å². The molecular formula is C16H18N2O3. The molecule has 110 valence electrons. The van der Waals surface area contributed by atoms with E-state index < -0.39 is 5.97 Å². The Hall–Kier alpha value is -2.17. The van der Waals surface area contributed by atoms with Gasteiger partial charge in [-0.2, -0.15) is 0 Å². The number of hydrogen-bond acceptors (Lipinski definition) is 4. The van der Waals surface area contributed by atoms with Crippen LogP contribution in [0.25, 0.3) is 0 Å². The van der Waals surface area contributed by atoms with Crippen LogP contribution in [0, 0.1) is 5.92 Å². The molecule has 3 rings (SSSR count). The van der Waals surface area contributed by atoms with Crippen molar-refractivity contribution in [1.29, 1.82) is 0 Å². The minimum absolute atomic E-state index is 0.0114. The molecule has 0 saturated heterocycles. The second kappa shape index (κ2) is 5.31. The average molecular weight is 286 g/mol. The van der Waals surface area contributed by atoms with E-state index in [-0.39, 0.29) is 17.8 Å². The third-order valence-electron chi connectivity index (χ3n) is 4.00. The molecule has 5 heteroatoms. The normalized spacial score (nSPS) is 17.4. The molecule has 1 atom stereocenters. The summed E-state index contributed by atoms with van der Waals surface area (Å²) in [6, 6.07) is 10.2. The van der Waals surface area contributed by atoms with Gasteiger partial charge in [0.15, 0.2) is 0 Å². The Labute approximate surface area is 123 Å². The molecule has 1 aliphatic rings. The summed E-state index contributed by atoms with van der Waals surface area (Å²) in [5.41, 5.74) is 1.08. The molecule has 1 unspecified atom stereocenters. The van der Waals surface area contributed by atoms with Gasteiger partial charge < -0.3 is 9.52 Å². The Morgan fingerprint density at radius 2 is 2.05 bits per heavy atom. The van der Waals surface area contributed by atoms with Crippen LogP contribution in [-0.4, -0.2) is 21.3 Å². The van der Waals surface area contributed by atoms with Crippen LogP contribution in [0.5, 0.6) is 0 Å². The Morgan fingerprint density at radius 1 is 1.33 bits per heavy atom. The summed E-state index contributed by atoms with van der Waals surface area (Å²) < 4.78 is 5.80. The van der Waals surface area contributed by atoms with Crippen molar-refractivity contribution in [1.82, 2.24) is 10.2 Å². The number of benzene rings is 1. The quantitative estimate of drug-likeness (QED) is 0.883. The molecule has 0 spiro atoms. The zero-order valence-electron chi connectivity index (χ0n) is 12.0. The summed E-state index contributed by atoms with van der Waals surface area (Å²) in [5.74, 6) is 0.375. The molecule has 1 saturated carbocycles. The van der Waals surface area contributed by atoms with Crippen molar-refractivity contribution < 1.29 is 14.3 Å². The van der Waals surface area contributed by atoms with E-state index in [2.05, 4.69) is 22.3 Å². The van der Waals surface area contributed by atoms with Crippen LogP contribution in [0.15, 0.2) is 34.7 Å². The minimum Gasteiger partial charge on any atom is -0.481 e. The molecule has 1 heterocycles. The van der Waals surface area contributed by atoms with Gasteiger partial charge in [0.05, 0.1) is 5.41 Å². The lowest BCUT2D eigenvalue weighted by Crippen LogP contribution is -2.09. The number of aromatic nitrogens is 2. The van der Waals surface area contributed by atoms with Crippen molar-refractivity contribution in [3.05, 3.63) is 47.7 Å². The second-order valence-corrected chi connectivity index (χ2v) is 5.86. The Kier molecular flexibility index (Phi) is 3.49. The van der Waals surface area contributed by atoms with E-state index >= 15 is 0 Å². The van der Waals surface area contributed by atoms with Crippen LogP contribution in [0.1, 0.15) is 43.5 Å².